The number of esters is 1. The summed E-state index contributed by atoms with van der Waals surface area (Å²) in [6.45, 7) is 11.5. The van der Waals surface area contributed by atoms with Crippen LogP contribution in [0.4, 0.5) is 0 Å². The van der Waals surface area contributed by atoms with Gasteiger partial charge >= 0.3 is 5.97 Å². The second-order valence-electron chi connectivity index (χ2n) is 10.5. The maximum Gasteiger partial charge on any atom is 0.338 e. The molecule has 0 spiro atoms. The number of allylic oxidation sites excluding steroid dienone is 3. The van der Waals surface area contributed by atoms with E-state index in [2.05, 4.69) is 29.4 Å². The Labute approximate surface area is 205 Å². The fraction of sp³-hybridized carbons (Fsp3) is 0.593. The highest BCUT2D eigenvalue weighted by Crippen LogP contribution is 2.41. The molecule has 0 radical (unpaired) electrons. The molecule has 0 saturated carbocycles. The zero-order chi connectivity index (χ0) is 24.6. The molecular formula is C27H37BrO5. The summed E-state index contributed by atoms with van der Waals surface area (Å²) in [7, 11) is 0. The number of ether oxygens (including phenoxy) is 1. The summed E-state index contributed by atoms with van der Waals surface area (Å²) in [6.07, 6.45) is 3.88. The van der Waals surface area contributed by atoms with Crippen LogP contribution in [-0.4, -0.2) is 43.4 Å². The molecule has 1 aliphatic heterocycles. The summed E-state index contributed by atoms with van der Waals surface area (Å²) in [5, 5.41) is 32.4. The number of alkyl halides is 1. The Hall–Kier alpha value is -1.63. The van der Waals surface area contributed by atoms with Crippen molar-refractivity contribution in [3.05, 3.63) is 52.6 Å². The van der Waals surface area contributed by atoms with Gasteiger partial charge in [0, 0.05) is 10.7 Å². The molecule has 2 aliphatic rings. The smallest absolute Gasteiger partial charge is 0.338 e. The number of aromatic hydroxyl groups is 1. The van der Waals surface area contributed by atoms with Gasteiger partial charge in [0.25, 0.3) is 0 Å². The quantitative estimate of drug-likeness (QED) is 0.254. The van der Waals surface area contributed by atoms with Crippen molar-refractivity contribution in [3.8, 4) is 5.75 Å². The maximum atomic E-state index is 13.0. The summed E-state index contributed by atoms with van der Waals surface area (Å²) < 4.78 is 5.72. The molecule has 0 saturated heterocycles. The van der Waals surface area contributed by atoms with Gasteiger partial charge in [-0.05, 0) is 96.4 Å². The minimum Gasteiger partial charge on any atom is -0.508 e. The first-order chi connectivity index (χ1) is 15.3. The standard InChI is InChI=1S/C27H37BrO5/c1-16-6-7-17(2)21-15-19-14-18(8-10-22(19)29)25(30)33-24(26(3,4)31)12-13-27(5,32)23(28)11-9-20(16)21/h8,10,14,20,23-24,29,31-32H,1,6-7,9,11-13,15H2,2-5H3/t20-,23-,24+,27+/m1/s1. The second-order valence-corrected chi connectivity index (χ2v) is 11.6. The molecule has 33 heavy (non-hydrogen) atoms. The maximum absolute atomic E-state index is 13.0. The summed E-state index contributed by atoms with van der Waals surface area (Å²) in [5.41, 5.74) is 2.41. The van der Waals surface area contributed by atoms with Crippen LogP contribution in [0.1, 0.15) is 82.1 Å². The van der Waals surface area contributed by atoms with Crippen molar-refractivity contribution in [2.75, 3.05) is 0 Å². The SMILES string of the molecule is C=C1CCC(C)=C2Cc3cc(ccc3O)C(=O)O[C@H](C(C)(C)O)CC[C@](C)(O)[C@H](Br)CC[C@H]12. The highest BCUT2D eigenvalue weighted by molar-refractivity contribution is 9.09. The Morgan fingerprint density at radius 1 is 1.21 bits per heavy atom. The van der Waals surface area contributed by atoms with Gasteiger partial charge in [-0.2, -0.15) is 0 Å². The van der Waals surface area contributed by atoms with Crippen molar-refractivity contribution < 1.29 is 24.9 Å². The summed E-state index contributed by atoms with van der Waals surface area (Å²) in [4.78, 5) is 12.8. The third-order valence-corrected chi connectivity index (χ3v) is 8.76. The van der Waals surface area contributed by atoms with Crippen molar-refractivity contribution in [2.24, 2.45) is 5.92 Å². The number of benzene rings is 1. The average Bonchev–Trinajstić information content (AvgIpc) is 2.72. The number of hydrogen-bond donors (Lipinski definition) is 3. The van der Waals surface area contributed by atoms with E-state index >= 15 is 0 Å². The highest BCUT2D eigenvalue weighted by Gasteiger charge is 2.37. The highest BCUT2D eigenvalue weighted by atomic mass is 79.9. The monoisotopic (exact) mass is 520 g/mol. The van der Waals surface area contributed by atoms with Crippen molar-refractivity contribution in [1.82, 2.24) is 0 Å². The van der Waals surface area contributed by atoms with E-state index in [1.165, 1.54) is 22.8 Å². The Balaban J connectivity index is 2.05. The van der Waals surface area contributed by atoms with Gasteiger partial charge in [0.2, 0.25) is 0 Å². The van der Waals surface area contributed by atoms with Gasteiger partial charge in [-0.15, -0.1) is 0 Å². The van der Waals surface area contributed by atoms with Crippen molar-refractivity contribution in [1.29, 1.82) is 0 Å². The third-order valence-electron chi connectivity index (χ3n) is 7.31. The molecule has 182 valence electrons. The van der Waals surface area contributed by atoms with Gasteiger partial charge in [0.15, 0.2) is 0 Å². The summed E-state index contributed by atoms with van der Waals surface area (Å²) in [5.74, 6) is -0.242. The summed E-state index contributed by atoms with van der Waals surface area (Å²) >= 11 is 3.70. The molecule has 0 amide bonds. The molecule has 1 aliphatic carbocycles. The molecule has 0 unspecified atom stereocenters. The minimum absolute atomic E-state index is 0.145. The number of fused-ring (bicyclic) bond motifs is 3. The number of cyclic esters (lactones) is 1. The molecule has 0 fully saturated rings. The molecule has 4 atom stereocenters. The zero-order valence-corrected chi connectivity index (χ0v) is 21.7. The Kier molecular flexibility index (Phi) is 7.82. The van der Waals surface area contributed by atoms with E-state index in [-0.39, 0.29) is 16.5 Å². The molecule has 1 heterocycles. The predicted octanol–water partition coefficient (Wildman–Crippen LogP) is 5.60. The first-order valence-electron chi connectivity index (χ1n) is 11.8. The van der Waals surface area contributed by atoms with Crippen LogP contribution in [0.15, 0.2) is 41.5 Å². The molecule has 2 bridgehead atoms. The van der Waals surface area contributed by atoms with Crippen LogP contribution in [0, 0.1) is 5.92 Å². The number of aliphatic hydroxyl groups is 2. The van der Waals surface area contributed by atoms with Crippen LogP contribution >= 0.6 is 15.9 Å². The lowest BCUT2D eigenvalue weighted by atomic mass is 9.74. The van der Waals surface area contributed by atoms with Crippen LogP contribution in [0.5, 0.6) is 5.75 Å². The molecule has 3 N–H and O–H groups in total. The lowest BCUT2D eigenvalue weighted by molar-refractivity contribution is -0.0764. The molecule has 5 nitrogen and oxygen atoms in total. The van der Waals surface area contributed by atoms with Gasteiger partial charge in [-0.3, -0.25) is 0 Å². The topological polar surface area (TPSA) is 87.0 Å². The fourth-order valence-corrected chi connectivity index (χ4v) is 5.39. The third kappa shape index (κ3) is 6.09. The molecule has 0 aromatic heterocycles. The predicted molar refractivity (Wildman–Crippen MR) is 134 cm³/mol. The first kappa shape index (κ1) is 26.0. The zero-order valence-electron chi connectivity index (χ0n) is 20.2. The number of halogens is 1. The van der Waals surface area contributed by atoms with Crippen molar-refractivity contribution >= 4 is 21.9 Å². The minimum atomic E-state index is -1.27. The lowest BCUT2D eigenvalue weighted by Gasteiger charge is -2.35. The van der Waals surface area contributed by atoms with Crippen LogP contribution in [0.25, 0.3) is 0 Å². The average molecular weight is 521 g/mol. The number of hydrogen-bond acceptors (Lipinski definition) is 5. The molecule has 1 aromatic rings. The van der Waals surface area contributed by atoms with Crippen molar-refractivity contribution in [2.45, 2.75) is 94.8 Å². The largest absolute Gasteiger partial charge is 0.508 e. The number of phenolic OH excluding ortho intramolecular Hbond substituents is 1. The van der Waals surface area contributed by atoms with Gasteiger partial charge in [-0.25, -0.2) is 4.79 Å². The van der Waals surface area contributed by atoms with Crippen molar-refractivity contribution in [3.63, 3.8) is 0 Å². The van der Waals surface area contributed by atoms with Gasteiger partial charge < -0.3 is 20.1 Å². The first-order valence-corrected chi connectivity index (χ1v) is 12.7. The van der Waals surface area contributed by atoms with Gasteiger partial charge in [-0.1, -0.05) is 39.2 Å². The molecular weight excluding hydrogens is 484 g/mol. The Morgan fingerprint density at radius 2 is 1.91 bits per heavy atom. The molecule has 3 rings (SSSR count). The van der Waals surface area contributed by atoms with Crippen LogP contribution in [0.3, 0.4) is 0 Å². The Bertz CT molecular complexity index is 940. The second kappa shape index (κ2) is 9.93. The molecule has 6 heteroatoms. The van der Waals surface area contributed by atoms with Gasteiger partial charge in [0.1, 0.15) is 11.9 Å². The van der Waals surface area contributed by atoms with E-state index in [9.17, 15) is 20.1 Å². The fourth-order valence-electron chi connectivity index (χ4n) is 4.90. The number of rotatable bonds is 1. The van der Waals surface area contributed by atoms with E-state index in [0.717, 1.165) is 25.7 Å². The lowest BCUT2D eigenvalue weighted by Crippen LogP contribution is -2.43. The molecule has 1 aromatic carbocycles. The van der Waals surface area contributed by atoms with E-state index in [4.69, 9.17) is 4.74 Å². The van der Waals surface area contributed by atoms with E-state index in [1.54, 1.807) is 32.9 Å². The van der Waals surface area contributed by atoms with Crippen LogP contribution in [0.2, 0.25) is 0 Å². The summed E-state index contributed by atoms with van der Waals surface area (Å²) in [6, 6.07) is 4.77. The van der Waals surface area contributed by atoms with E-state index in [0.29, 0.717) is 30.4 Å². The number of phenols is 1. The Morgan fingerprint density at radius 3 is 2.58 bits per heavy atom. The normalized spacial score (nSPS) is 30.2. The van der Waals surface area contributed by atoms with E-state index < -0.39 is 23.3 Å². The van der Waals surface area contributed by atoms with Crippen LogP contribution < -0.4 is 0 Å². The number of carbonyl (C=O) groups excluding carboxylic acids is 1. The number of carbonyl (C=O) groups is 1. The van der Waals surface area contributed by atoms with E-state index in [1.807, 2.05) is 0 Å². The van der Waals surface area contributed by atoms with Gasteiger partial charge in [0.05, 0.1) is 16.8 Å². The van der Waals surface area contributed by atoms with Crippen LogP contribution in [-0.2, 0) is 11.2 Å².